The lowest BCUT2D eigenvalue weighted by atomic mass is 10.0. The molecule has 1 atom stereocenters. The first-order chi connectivity index (χ1) is 11.3. The number of anilines is 1. The minimum Gasteiger partial charge on any atom is -0.363 e. The zero-order chi connectivity index (χ0) is 17.7. The smallest absolute Gasteiger partial charge is 0.175 e. The van der Waals surface area contributed by atoms with Crippen LogP contribution in [0.1, 0.15) is 49.7 Å². The van der Waals surface area contributed by atoms with Crippen LogP contribution in [0.5, 0.6) is 0 Å². The van der Waals surface area contributed by atoms with Crippen molar-refractivity contribution in [1.82, 2.24) is 9.97 Å². The Labute approximate surface area is 144 Å². The molecule has 130 valence electrons. The van der Waals surface area contributed by atoms with Crippen LogP contribution in [0.25, 0.3) is 0 Å². The molecule has 0 saturated carbocycles. The van der Waals surface area contributed by atoms with Crippen molar-refractivity contribution in [3.05, 3.63) is 47.4 Å². The van der Waals surface area contributed by atoms with Crippen LogP contribution >= 0.6 is 0 Å². The van der Waals surface area contributed by atoms with E-state index in [1.807, 2.05) is 25.3 Å². The van der Waals surface area contributed by atoms with E-state index in [1.165, 1.54) is 6.26 Å². The van der Waals surface area contributed by atoms with E-state index in [9.17, 15) is 8.42 Å². The summed E-state index contributed by atoms with van der Waals surface area (Å²) in [5.74, 6) is 1.60. The first-order valence-corrected chi connectivity index (χ1v) is 10.1. The molecule has 1 heterocycles. The molecule has 1 N–H and O–H groups in total. The third-order valence-corrected chi connectivity index (χ3v) is 5.06. The fourth-order valence-corrected chi connectivity index (χ4v) is 3.24. The summed E-state index contributed by atoms with van der Waals surface area (Å²) in [4.78, 5) is 9.17. The number of hydrogen-bond donors (Lipinski definition) is 1. The predicted octanol–water partition coefficient (Wildman–Crippen LogP) is 3.70. The van der Waals surface area contributed by atoms with Crippen molar-refractivity contribution < 1.29 is 8.42 Å². The minimum absolute atomic E-state index is 0.0727. The topological polar surface area (TPSA) is 72.0 Å². The maximum atomic E-state index is 11.6. The number of aryl methyl sites for hydroxylation is 2. The highest BCUT2D eigenvalue weighted by atomic mass is 32.2. The van der Waals surface area contributed by atoms with Gasteiger partial charge in [0.2, 0.25) is 0 Å². The minimum atomic E-state index is -3.17. The Morgan fingerprint density at radius 2 is 1.83 bits per heavy atom. The first-order valence-electron chi connectivity index (χ1n) is 8.24. The molecule has 0 radical (unpaired) electrons. The van der Waals surface area contributed by atoms with Gasteiger partial charge in [-0.25, -0.2) is 18.4 Å². The average Bonchev–Trinajstić information content (AvgIpc) is 2.54. The van der Waals surface area contributed by atoms with Crippen LogP contribution in [0.4, 0.5) is 5.82 Å². The molecule has 2 aromatic rings. The normalized spacial score (nSPS) is 12.8. The Kier molecular flexibility index (Phi) is 5.94. The number of hydrogen-bond acceptors (Lipinski definition) is 5. The molecule has 0 aliphatic rings. The lowest BCUT2D eigenvalue weighted by molar-refractivity contribution is 0.601. The van der Waals surface area contributed by atoms with Crippen molar-refractivity contribution >= 4 is 15.7 Å². The summed E-state index contributed by atoms with van der Waals surface area (Å²) in [7, 11) is -3.17. The highest BCUT2D eigenvalue weighted by Crippen LogP contribution is 2.25. The Morgan fingerprint density at radius 1 is 1.17 bits per heavy atom. The third-order valence-electron chi connectivity index (χ3n) is 3.93. The zero-order valence-corrected chi connectivity index (χ0v) is 15.5. The van der Waals surface area contributed by atoms with Crippen LogP contribution in [0.15, 0.2) is 35.4 Å². The second kappa shape index (κ2) is 7.75. The van der Waals surface area contributed by atoms with Crippen LogP contribution in [0, 0.1) is 6.92 Å². The first kappa shape index (κ1) is 18.4. The van der Waals surface area contributed by atoms with Gasteiger partial charge in [-0.1, -0.05) is 32.4 Å². The van der Waals surface area contributed by atoms with Crippen molar-refractivity contribution in [2.24, 2.45) is 0 Å². The number of nitrogens with zero attached hydrogens (tertiary/aromatic N) is 2. The average molecular weight is 347 g/mol. The molecule has 0 saturated heterocycles. The summed E-state index contributed by atoms with van der Waals surface area (Å²) >= 11 is 0. The highest BCUT2D eigenvalue weighted by molar-refractivity contribution is 7.90. The maximum absolute atomic E-state index is 11.6. The molecule has 0 fully saturated rings. The third kappa shape index (κ3) is 4.54. The van der Waals surface area contributed by atoms with E-state index in [0.717, 1.165) is 42.0 Å². The number of sulfone groups is 1. The highest BCUT2D eigenvalue weighted by Gasteiger charge is 2.14. The predicted molar refractivity (Wildman–Crippen MR) is 97.0 cm³/mol. The van der Waals surface area contributed by atoms with Gasteiger partial charge in [0.15, 0.2) is 9.84 Å². The van der Waals surface area contributed by atoms with Gasteiger partial charge in [-0.15, -0.1) is 0 Å². The lowest BCUT2D eigenvalue weighted by Crippen LogP contribution is -2.13. The van der Waals surface area contributed by atoms with Crippen LogP contribution in [0.3, 0.4) is 0 Å². The van der Waals surface area contributed by atoms with Gasteiger partial charge in [0.25, 0.3) is 0 Å². The molecule has 1 unspecified atom stereocenters. The molecule has 24 heavy (non-hydrogen) atoms. The van der Waals surface area contributed by atoms with Crippen LogP contribution in [-0.4, -0.2) is 24.6 Å². The van der Waals surface area contributed by atoms with Gasteiger partial charge in [0.05, 0.1) is 10.9 Å². The van der Waals surface area contributed by atoms with Gasteiger partial charge in [0.1, 0.15) is 11.6 Å². The van der Waals surface area contributed by atoms with Gasteiger partial charge in [0, 0.05) is 18.0 Å². The van der Waals surface area contributed by atoms with Crippen molar-refractivity contribution in [3.63, 3.8) is 0 Å². The van der Waals surface area contributed by atoms with Crippen molar-refractivity contribution in [3.8, 4) is 0 Å². The standard InChI is InChI=1S/C18H25N3O2S/c1-5-7-15-12-19-13(3)20-18(15)21-17(6-2)14-8-10-16(11-9-14)24(4,22)23/h8-12,17H,5-7H2,1-4H3,(H,19,20,21). The van der Waals surface area contributed by atoms with E-state index in [2.05, 4.69) is 29.1 Å². The molecule has 0 bridgehead atoms. The summed E-state index contributed by atoms with van der Waals surface area (Å²) in [6.45, 7) is 6.10. The molecule has 1 aromatic heterocycles. The zero-order valence-electron chi connectivity index (χ0n) is 14.7. The summed E-state index contributed by atoms with van der Waals surface area (Å²) < 4.78 is 23.2. The summed E-state index contributed by atoms with van der Waals surface area (Å²) in [5.41, 5.74) is 2.15. The molecule has 6 heteroatoms. The van der Waals surface area contributed by atoms with E-state index in [-0.39, 0.29) is 6.04 Å². The molecule has 1 aromatic carbocycles. The molecular formula is C18H25N3O2S. The largest absolute Gasteiger partial charge is 0.363 e. The lowest BCUT2D eigenvalue weighted by Gasteiger charge is -2.20. The Bertz CT molecular complexity index is 786. The van der Waals surface area contributed by atoms with Gasteiger partial charge in [-0.3, -0.25) is 0 Å². The van der Waals surface area contributed by atoms with E-state index < -0.39 is 9.84 Å². The van der Waals surface area contributed by atoms with E-state index in [0.29, 0.717) is 4.90 Å². The van der Waals surface area contributed by atoms with Crippen LogP contribution < -0.4 is 5.32 Å². The van der Waals surface area contributed by atoms with Gasteiger partial charge >= 0.3 is 0 Å². The quantitative estimate of drug-likeness (QED) is 0.827. The molecule has 2 rings (SSSR count). The second-order valence-corrected chi connectivity index (χ2v) is 8.00. The molecule has 0 amide bonds. The Hall–Kier alpha value is -1.95. The molecule has 0 aliphatic heterocycles. The van der Waals surface area contributed by atoms with Crippen molar-refractivity contribution in [2.75, 3.05) is 11.6 Å². The van der Waals surface area contributed by atoms with E-state index >= 15 is 0 Å². The summed E-state index contributed by atoms with van der Waals surface area (Å²) in [6.07, 6.45) is 5.92. The van der Waals surface area contributed by atoms with E-state index in [4.69, 9.17) is 0 Å². The molecule has 0 spiro atoms. The number of aromatic nitrogens is 2. The molecule has 0 aliphatic carbocycles. The van der Waals surface area contributed by atoms with E-state index in [1.54, 1.807) is 12.1 Å². The summed E-state index contributed by atoms with van der Waals surface area (Å²) in [5, 5.41) is 3.50. The van der Waals surface area contributed by atoms with Gasteiger partial charge in [-0.2, -0.15) is 0 Å². The van der Waals surface area contributed by atoms with Crippen LogP contribution in [-0.2, 0) is 16.3 Å². The van der Waals surface area contributed by atoms with Crippen molar-refractivity contribution in [1.29, 1.82) is 0 Å². The second-order valence-electron chi connectivity index (χ2n) is 5.99. The molecule has 5 nitrogen and oxygen atoms in total. The number of nitrogens with one attached hydrogen (secondary N) is 1. The van der Waals surface area contributed by atoms with Crippen molar-refractivity contribution in [2.45, 2.75) is 51.0 Å². The maximum Gasteiger partial charge on any atom is 0.175 e. The Balaban J connectivity index is 2.28. The monoisotopic (exact) mass is 347 g/mol. The van der Waals surface area contributed by atoms with Crippen LogP contribution in [0.2, 0.25) is 0 Å². The van der Waals surface area contributed by atoms with Gasteiger partial charge in [-0.05, 0) is 37.5 Å². The fraction of sp³-hybridized carbons (Fsp3) is 0.444. The Morgan fingerprint density at radius 3 is 2.38 bits per heavy atom. The number of benzene rings is 1. The van der Waals surface area contributed by atoms with Gasteiger partial charge < -0.3 is 5.32 Å². The summed E-state index contributed by atoms with van der Waals surface area (Å²) in [6, 6.07) is 7.12. The number of rotatable bonds is 7. The molecular weight excluding hydrogens is 322 g/mol. The SMILES string of the molecule is CCCc1cnc(C)nc1NC(CC)c1ccc(S(C)(=O)=O)cc1. The fourth-order valence-electron chi connectivity index (χ4n) is 2.61.